The molecule has 2 aromatic heterocycles. The number of hydrogen-bond acceptors (Lipinski definition) is 3. The molecule has 0 aliphatic heterocycles. The molecule has 0 bridgehead atoms. The SMILES string of the molecule is CCc1c(CCN(C(=O)c2cc(C)n(Cc3ccccc3)c2C)C2CC2)c(C)nn1COCc1ccccc1. The van der Waals surface area contributed by atoms with Crippen LogP contribution in [0.1, 0.15) is 69.6 Å². The van der Waals surface area contributed by atoms with Gasteiger partial charge >= 0.3 is 0 Å². The lowest BCUT2D eigenvalue weighted by Gasteiger charge is -2.23. The molecule has 0 spiro atoms. The molecular weight excluding hydrogens is 484 g/mol. The summed E-state index contributed by atoms with van der Waals surface area (Å²) in [7, 11) is 0. The molecule has 0 unspecified atom stereocenters. The van der Waals surface area contributed by atoms with Gasteiger partial charge < -0.3 is 14.2 Å². The topological polar surface area (TPSA) is 52.3 Å². The smallest absolute Gasteiger partial charge is 0.255 e. The zero-order valence-corrected chi connectivity index (χ0v) is 23.7. The fraction of sp³-hybridized carbons (Fsp3) is 0.394. The average Bonchev–Trinajstić information content (AvgIpc) is 3.69. The van der Waals surface area contributed by atoms with Crippen LogP contribution in [0.4, 0.5) is 0 Å². The normalized spacial score (nSPS) is 13.1. The number of aryl methyl sites for hydroxylation is 2. The summed E-state index contributed by atoms with van der Waals surface area (Å²) in [5.74, 6) is 0.152. The first kappa shape index (κ1) is 26.9. The highest BCUT2D eigenvalue weighted by Gasteiger charge is 2.34. The lowest BCUT2D eigenvalue weighted by Crippen LogP contribution is -2.35. The van der Waals surface area contributed by atoms with Crippen molar-refractivity contribution in [1.29, 1.82) is 0 Å². The van der Waals surface area contributed by atoms with E-state index in [4.69, 9.17) is 9.84 Å². The van der Waals surface area contributed by atoms with Gasteiger partial charge in [-0.1, -0.05) is 67.6 Å². The number of benzene rings is 2. The van der Waals surface area contributed by atoms with Crippen molar-refractivity contribution >= 4 is 5.91 Å². The maximum atomic E-state index is 13.9. The van der Waals surface area contributed by atoms with Crippen molar-refractivity contribution < 1.29 is 9.53 Å². The molecule has 1 amide bonds. The predicted molar refractivity (Wildman–Crippen MR) is 155 cm³/mol. The largest absolute Gasteiger partial charge is 0.355 e. The molecule has 1 saturated carbocycles. The van der Waals surface area contributed by atoms with Crippen molar-refractivity contribution in [2.45, 2.75) is 79.3 Å². The van der Waals surface area contributed by atoms with Crippen LogP contribution in [0.2, 0.25) is 0 Å². The standard InChI is InChI=1S/C33H40N4O2/c1-5-32-30(25(3)34-37(32)23-39-22-28-14-10-7-11-15-28)18-19-35(29-16-17-29)33(38)31-20-24(2)36(26(31)4)21-27-12-8-6-9-13-27/h6-15,20,29H,5,16-19,21-23H2,1-4H3. The molecule has 0 saturated heterocycles. The molecule has 0 atom stereocenters. The third-order valence-corrected chi connectivity index (χ3v) is 7.87. The molecule has 0 N–H and O–H groups in total. The van der Waals surface area contributed by atoms with Crippen molar-refractivity contribution in [3.8, 4) is 0 Å². The summed E-state index contributed by atoms with van der Waals surface area (Å²) in [6, 6.07) is 23.1. The molecule has 4 aromatic rings. The fourth-order valence-corrected chi connectivity index (χ4v) is 5.57. The molecule has 1 fully saturated rings. The lowest BCUT2D eigenvalue weighted by molar-refractivity contribution is 0.0541. The van der Waals surface area contributed by atoms with Crippen LogP contribution >= 0.6 is 0 Å². The monoisotopic (exact) mass is 524 g/mol. The van der Waals surface area contributed by atoms with E-state index in [1.54, 1.807) is 0 Å². The Balaban J connectivity index is 1.28. The van der Waals surface area contributed by atoms with Gasteiger partial charge in [0.05, 0.1) is 17.9 Å². The van der Waals surface area contributed by atoms with E-state index in [-0.39, 0.29) is 5.91 Å². The maximum absolute atomic E-state index is 13.9. The number of ether oxygens (including phenoxy) is 1. The predicted octanol–water partition coefficient (Wildman–Crippen LogP) is 6.24. The first-order valence-electron chi connectivity index (χ1n) is 14.1. The van der Waals surface area contributed by atoms with Crippen molar-refractivity contribution in [2.75, 3.05) is 6.54 Å². The van der Waals surface area contributed by atoms with Crippen molar-refractivity contribution in [1.82, 2.24) is 19.2 Å². The van der Waals surface area contributed by atoms with Gasteiger partial charge in [-0.15, -0.1) is 0 Å². The van der Waals surface area contributed by atoms with Gasteiger partial charge in [0.15, 0.2) is 0 Å². The zero-order valence-electron chi connectivity index (χ0n) is 23.7. The Morgan fingerprint density at radius 3 is 2.31 bits per heavy atom. The van der Waals surface area contributed by atoms with E-state index in [1.165, 1.54) is 16.8 Å². The summed E-state index contributed by atoms with van der Waals surface area (Å²) in [6.45, 7) is 10.9. The fourth-order valence-electron chi connectivity index (χ4n) is 5.57. The second-order valence-corrected chi connectivity index (χ2v) is 10.7. The highest BCUT2D eigenvalue weighted by Crippen LogP contribution is 2.30. The highest BCUT2D eigenvalue weighted by atomic mass is 16.5. The first-order valence-corrected chi connectivity index (χ1v) is 14.1. The van der Waals surface area contributed by atoms with Crippen molar-refractivity contribution in [3.05, 3.63) is 112 Å². The van der Waals surface area contributed by atoms with Gasteiger partial charge in [0, 0.05) is 36.2 Å². The molecule has 0 radical (unpaired) electrons. The maximum Gasteiger partial charge on any atom is 0.255 e. The van der Waals surface area contributed by atoms with Crippen LogP contribution in [-0.2, 0) is 37.5 Å². The van der Waals surface area contributed by atoms with Gasteiger partial charge in [-0.25, -0.2) is 4.68 Å². The molecule has 2 aromatic carbocycles. The van der Waals surface area contributed by atoms with Crippen LogP contribution in [0.5, 0.6) is 0 Å². The number of aromatic nitrogens is 3. The molecule has 6 nitrogen and oxygen atoms in total. The Labute approximate surface area is 232 Å². The van der Waals surface area contributed by atoms with Gasteiger partial charge in [-0.05, 0) is 69.2 Å². The Hall–Kier alpha value is -3.64. The Bertz CT molecular complexity index is 1400. The van der Waals surface area contributed by atoms with Crippen LogP contribution in [-0.4, -0.2) is 37.7 Å². The number of hydrogen-bond donors (Lipinski definition) is 0. The van der Waals surface area contributed by atoms with E-state index in [1.807, 2.05) is 28.9 Å². The summed E-state index contributed by atoms with van der Waals surface area (Å²) in [6.07, 6.45) is 3.85. The molecule has 5 rings (SSSR count). The lowest BCUT2D eigenvalue weighted by atomic mass is 10.1. The number of rotatable bonds is 12. The Morgan fingerprint density at radius 2 is 1.67 bits per heavy atom. The van der Waals surface area contributed by atoms with Crippen LogP contribution in [0.15, 0.2) is 66.7 Å². The average molecular weight is 525 g/mol. The van der Waals surface area contributed by atoms with Gasteiger partial charge in [-0.2, -0.15) is 5.10 Å². The summed E-state index contributed by atoms with van der Waals surface area (Å²) in [4.78, 5) is 16.0. The van der Waals surface area contributed by atoms with E-state index in [9.17, 15) is 4.79 Å². The summed E-state index contributed by atoms with van der Waals surface area (Å²) in [5.41, 5.74) is 8.86. The van der Waals surface area contributed by atoms with Crippen LogP contribution < -0.4 is 0 Å². The third kappa shape index (κ3) is 6.17. The van der Waals surface area contributed by atoms with Gasteiger partial charge in [0.1, 0.15) is 6.73 Å². The van der Waals surface area contributed by atoms with E-state index in [2.05, 4.69) is 79.6 Å². The van der Waals surface area contributed by atoms with E-state index in [0.29, 0.717) is 25.9 Å². The third-order valence-electron chi connectivity index (χ3n) is 7.87. The van der Waals surface area contributed by atoms with E-state index >= 15 is 0 Å². The van der Waals surface area contributed by atoms with Gasteiger partial charge in [-0.3, -0.25) is 4.79 Å². The Kier molecular flexibility index (Phi) is 8.32. The van der Waals surface area contributed by atoms with Crippen LogP contribution in [0.25, 0.3) is 0 Å². The molecule has 204 valence electrons. The summed E-state index contributed by atoms with van der Waals surface area (Å²) >= 11 is 0. The van der Waals surface area contributed by atoms with Gasteiger partial charge in [0.25, 0.3) is 5.91 Å². The van der Waals surface area contributed by atoms with Crippen LogP contribution in [0, 0.1) is 20.8 Å². The zero-order chi connectivity index (χ0) is 27.4. The summed E-state index contributed by atoms with van der Waals surface area (Å²) in [5, 5.41) is 4.81. The van der Waals surface area contributed by atoms with E-state index < -0.39 is 0 Å². The molecular formula is C33H40N4O2. The summed E-state index contributed by atoms with van der Waals surface area (Å²) < 4.78 is 10.2. The molecule has 39 heavy (non-hydrogen) atoms. The number of carbonyl (C=O) groups is 1. The minimum atomic E-state index is 0.152. The van der Waals surface area contributed by atoms with Crippen molar-refractivity contribution in [3.63, 3.8) is 0 Å². The second-order valence-electron chi connectivity index (χ2n) is 10.7. The number of carbonyl (C=O) groups excluding carboxylic acids is 1. The van der Waals surface area contributed by atoms with Crippen molar-refractivity contribution in [2.24, 2.45) is 0 Å². The molecule has 1 aliphatic rings. The Morgan fingerprint density at radius 1 is 1.00 bits per heavy atom. The van der Waals surface area contributed by atoms with Gasteiger partial charge in [0.2, 0.25) is 0 Å². The first-order chi connectivity index (χ1) is 19.0. The molecule has 2 heterocycles. The minimum absolute atomic E-state index is 0.152. The molecule has 1 aliphatic carbocycles. The minimum Gasteiger partial charge on any atom is -0.355 e. The van der Waals surface area contributed by atoms with E-state index in [0.717, 1.165) is 60.4 Å². The molecule has 6 heteroatoms. The highest BCUT2D eigenvalue weighted by molar-refractivity contribution is 5.96. The quantitative estimate of drug-likeness (QED) is 0.220. The van der Waals surface area contributed by atoms with Crippen LogP contribution in [0.3, 0.4) is 0 Å². The second kappa shape index (κ2) is 12.0. The number of nitrogens with zero attached hydrogens (tertiary/aromatic N) is 4. The number of amides is 1.